The van der Waals surface area contributed by atoms with Crippen LogP contribution in [0.1, 0.15) is 34.7 Å². The highest BCUT2D eigenvalue weighted by Crippen LogP contribution is 2.30. The Balaban J connectivity index is 1.64. The number of Topliss-reactive ketones (excluding diaryl/α,β-unsaturated/α-hetero) is 1. The Morgan fingerprint density at radius 1 is 1.34 bits per heavy atom. The zero-order chi connectivity index (χ0) is 21.0. The van der Waals surface area contributed by atoms with Crippen LogP contribution in [-0.4, -0.2) is 40.0 Å². The van der Waals surface area contributed by atoms with E-state index in [4.69, 9.17) is 4.74 Å². The number of thioether (sulfide) groups is 1. The van der Waals surface area contributed by atoms with E-state index in [0.29, 0.717) is 27.3 Å². The third kappa shape index (κ3) is 5.04. The minimum Gasteiger partial charge on any atom is -0.383 e. The van der Waals surface area contributed by atoms with Crippen molar-refractivity contribution in [3.8, 4) is 0 Å². The first kappa shape index (κ1) is 21.5. The van der Waals surface area contributed by atoms with Crippen LogP contribution in [0.5, 0.6) is 0 Å². The van der Waals surface area contributed by atoms with Gasteiger partial charge in [0.2, 0.25) is 5.13 Å². The van der Waals surface area contributed by atoms with Crippen molar-refractivity contribution in [3.05, 3.63) is 53.1 Å². The maximum Gasteiger partial charge on any atom is 0.210 e. The minimum absolute atomic E-state index is 0.0396. The Kier molecular flexibility index (Phi) is 7.05. The molecule has 154 valence electrons. The van der Waals surface area contributed by atoms with Crippen LogP contribution in [-0.2, 0) is 4.74 Å². The Morgan fingerprint density at radius 2 is 2.10 bits per heavy atom. The van der Waals surface area contributed by atoms with Crippen molar-refractivity contribution in [2.24, 2.45) is 0 Å². The topological polar surface area (TPSA) is 69.0 Å². The van der Waals surface area contributed by atoms with Crippen molar-refractivity contribution in [2.75, 3.05) is 24.8 Å². The Bertz CT molecular complexity index is 1000. The molecule has 0 fully saturated rings. The lowest BCUT2D eigenvalue weighted by Crippen LogP contribution is -2.14. The highest BCUT2D eigenvalue weighted by atomic mass is 32.2. The van der Waals surface area contributed by atoms with Gasteiger partial charge in [-0.25, -0.2) is 4.39 Å². The van der Waals surface area contributed by atoms with Crippen molar-refractivity contribution in [1.29, 1.82) is 0 Å². The number of carbonyl (C=O) groups is 1. The summed E-state index contributed by atoms with van der Waals surface area (Å²) in [5.74, 6) is -0.0555. The van der Waals surface area contributed by atoms with E-state index in [1.54, 1.807) is 25.3 Å². The van der Waals surface area contributed by atoms with Gasteiger partial charge in [-0.2, -0.15) is 0 Å². The second kappa shape index (κ2) is 9.51. The van der Waals surface area contributed by atoms with Crippen molar-refractivity contribution in [1.82, 2.24) is 14.8 Å². The molecular weight excluding hydrogens is 411 g/mol. The molecule has 0 unspecified atom stereocenters. The van der Waals surface area contributed by atoms with Crippen LogP contribution in [0.4, 0.5) is 15.2 Å². The molecule has 0 amide bonds. The number of aromatic nitrogens is 3. The van der Waals surface area contributed by atoms with E-state index in [9.17, 15) is 9.18 Å². The average molecular weight is 435 g/mol. The predicted octanol–water partition coefficient (Wildman–Crippen LogP) is 5.02. The molecule has 0 aliphatic rings. The molecule has 1 N–H and O–H groups in total. The molecule has 0 saturated carbocycles. The van der Waals surface area contributed by atoms with Gasteiger partial charge in [-0.1, -0.05) is 35.2 Å². The van der Waals surface area contributed by atoms with E-state index in [1.165, 1.54) is 29.2 Å². The molecule has 2 aromatic heterocycles. The Morgan fingerprint density at radius 3 is 2.83 bits per heavy atom. The number of ketones is 1. The molecule has 6 nitrogen and oxygen atoms in total. The van der Waals surface area contributed by atoms with Crippen LogP contribution in [0.25, 0.3) is 0 Å². The monoisotopic (exact) mass is 434 g/mol. The molecule has 1 aromatic carbocycles. The molecule has 0 aliphatic heterocycles. The fourth-order valence-corrected chi connectivity index (χ4v) is 4.90. The van der Waals surface area contributed by atoms with E-state index in [-0.39, 0.29) is 23.4 Å². The largest absolute Gasteiger partial charge is 0.383 e. The number of para-hydroxylation sites is 1. The van der Waals surface area contributed by atoms with E-state index < -0.39 is 0 Å². The van der Waals surface area contributed by atoms with Crippen molar-refractivity contribution in [3.63, 3.8) is 0 Å². The van der Waals surface area contributed by atoms with Gasteiger partial charge in [0.15, 0.2) is 10.1 Å². The summed E-state index contributed by atoms with van der Waals surface area (Å²) in [6, 6.07) is 8.46. The third-order valence-corrected chi connectivity index (χ3v) is 6.45. The maximum absolute atomic E-state index is 13.7. The summed E-state index contributed by atoms with van der Waals surface area (Å²) in [6.45, 7) is 6.60. The molecular formula is C20H23FN4O2S2. The normalized spacial score (nSPS) is 12.2. The lowest BCUT2D eigenvalue weighted by atomic mass is 10.2. The summed E-state index contributed by atoms with van der Waals surface area (Å²) >= 11 is 2.62. The lowest BCUT2D eigenvalue weighted by Gasteiger charge is -2.17. The van der Waals surface area contributed by atoms with Crippen LogP contribution in [0.2, 0.25) is 0 Å². The lowest BCUT2D eigenvalue weighted by molar-refractivity contribution is 0.102. The molecule has 3 rings (SSSR count). The summed E-state index contributed by atoms with van der Waals surface area (Å²) in [6.07, 6.45) is 0. The molecule has 0 bridgehead atoms. The van der Waals surface area contributed by atoms with E-state index in [2.05, 4.69) is 27.0 Å². The number of ether oxygens (including phenoxy) is 1. The number of halogens is 1. The summed E-state index contributed by atoms with van der Waals surface area (Å²) in [5, 5.41) is 11.5. The fraction of sp³-hybridized carbons (Fsp3) is 0.350. The van der Waals surface area contributed by atoms with Gasteiger partial charge < -0.3 is 14.6 Å². The van der Waals surface area contributed by atoms with Gasteiger partial charge in [0.25, 0.3) is 0 Å². The molecule has 1 atom stereocenters. The van der Waals surface area contributed by atoms with Gasteiger partial charge in [0.1, 0.15) is 5.82 Å². The highest BCUT2D eigenvalue weighted by molar-refractivity contribution is 8.01. The molecule has 0 spiro atoms. The summed E-state index contributed by atoms with van der Waals surface area (Å²) in [4.78, 5) is 12.8. The summed E-state index contributed by atoms with van der Waals surface area (Å²) < 4.78 is 21.8. The van der Waals surface area contributed by atoms with Crippen molar-refractivity contribution in [2.45, 2.75) is 31.2 Å². The van der Waals surface area contributed by atoms with Gasteiger partial charge in [0.05, 0.1) is 24.1 Å². The Hall–Kier alpha value is -2.23. The fourth-order valence-electron chi connectivity index (χ4n) is 3.25. The van der Waals surface area contributed by atoms with Crippen molar-refractivity contribution >= 4 is 39.7 Å². The van der Waals surface area contributed by atoms with Crippen LogP contribution >= 0.6 is 23.1 Å². The molecule has 0 aliphatic carbocycles. The number of methoxy groups -OCH3 is 1. The smallest absolute Gasteiger partial charge is 0.210 e. The zero-order valence-electron chi connectivity index (χ0n) is 16.7. The number of benzene rings is 1. The van der Waals surface area contributed by atoms with E-state index in [0.717, 1.165) is 11.4 Å². The van der Waals surface area contributed by atoms with Crippen LogP contribution in [0.3, 0.4) is 0 Å². The standard InChI is InChI=1S/C20H23FN4O2S2/c1-12-9-15(14(3)25(12)13(2)10-27-4)18(26)11-28-20-24-23-19(29-20)22-17-8-6-5-7-16(17)21/h5-9,13H,10-11H2,1-4H3,(H,22,23)/t13-/m1/s1. The van der Waals surface area contributed by atoms with Gasteiger partial charge in [-0.15, -0.1) is 10.2 Å². The molecule has 3 aromatic rings. The Labute approximate surface area is 177 Å². The van der Waals surface area contributed by atoms with Crippen LogP contribution in [0, 0.1) is 19.7 Å². The second-order valence-corrected chi connectivity index (χ2v) is 8.85. The van der Waals surface area contributed by atoms with E-state index >= 15 is 0 Å². The first-order valence-corrected chi connectivity index (χ1v) is 10.9. The average Bonchev–Trinajstić information content (AvgIpc) is 3.25. The van der Waals surface area contributed by atoms with Gasteiger partial charge >= 0.3 is 0 Å². The number of anilines is 2. The SMILES string of the molecule is COC[C@@H](C)n1c(C)cc(C(=O)CSc2nnc(Nc3ccccc3F)s2)c1C. The number of rotatable bonds is 9. The maximum atomic E-state index is 13.7. The number of hydrogen-bond donors (Lipinski definition) is 1. The van der Waals surface area contributed by atoms with Crippen molar-refractivity contribution < 1.29 is 13.9 Å². The number of aryl methyl sites for hydroxylation is 1. The summed E-state index contributed by atoms with van der Waals surface area (Å²) in [7, 11) is 1.67. The number of carbonyl (C=O) groups excluding carboxylic acids is 1. The first-order chi connectivity index (χ1) is 13.9. The minimum atomic E-state index is -0.356. The molecule has 0 saturated heterocycles. The summed E-state index contributed by atoms with van der Waals surface area (Å²) in [5.41, 5.74) is 3.03. The third-order valence-electron chi connectivity index (χ3n) is 4.48. The van der Waals surface area contributed by atoms with Gasteiger partial charge in [0, 0.05) is 24.1 Å². The molecule has 29 heavy (non-hydrogen) atoms. The van der Waals surface area contributed by atoms with Crippen LogP contribution in [0.15, 0.2) is 34.7 Å². The number of nitrogens with one attached hydrogen (secondary N) is 1. The second-order valence-electron chi connectivity index (χ2n) is 6.65. The number of hydrogen-bond acceptors (Lipinski definition) is 7. The zero-order valence-corrected chi connectivity index (χ0v) is 18.4. The van der Waals surface area contributed by atoms with Crippen LogP contribution < -0.4 is 5.32 Å². The predicted molar refractivity (Wildman–Crippen MR) is 115 cm³/mol. The number of nitrogens with zero attached hydrogens (tertiary/aromatic N) is 3. The van der Waals surface area contributed by atoms with E-state index in [1.807, 2.05) is 19.9 Å². The quantitative estimate of drug-likeness (QED) is 0.377. The van der Waals surface area contributed by atoms with Gasteiger partial charge in [-0.3, -0.25) is 4.79 Å². The molecule has 2 heterocycles. The molecule has 0 radical (unpaired) electrons. The van der Waals surface area contributed by atoms with Gasteiger partial charge in [-0.05, 0) is 39.0 Å². The first-order valence-electron chi connectivity index (χ1n) is 9.09. The molecule has 9 heteroatoms. The highest BCUT2D eigenvalue weighted by Gasteiger charge is 2.19.